The van der Waals surface area contributed by atoms with E-state index in [9.17, 15) is 13.9 Å². The molecule has 0 saturated heterocycles. The number of aliphatic hydroxyl groups excluding tert-OH is 1. The summed E-state index contributed by atoms with van der Waals surface area (Å²) in [7, 11) is 0. The van der Waals surface area contributed by atoms with Crippen molar-refractivity contribution in [2.45, 2.75) is 56.6 Å². The molecule has 1 heterocycles. The predicted molar refractivity (Wildman–Crippen MR) is 105 cm³/mol. The van der Waals surface area contributed by atoms with Gasteiger partial charge in [0, 0.05) is 27.3 Å². The van der Waals surface area contributed by atoms with Crippen molar-refractivity contribution >= 4 is 27.3 Å². The molecule has 2 nitrogen and oxygen atoms in total. The maximum Gasteiger partial charge on any atom is 0.126 e. The molecule has 142 valence electrons. The summed E-state index contributed by atoms with van der Waals surface area (Å²) in [6.45, 7) is 0.479. The average molecular weight is 444 g/mol. The van der Waals surface area contributed by atoms with Crippen LogP contribution in [0, 0.1) is 11.6 Å². The van der Waals surface area contributed by atoms with Crippen molar-refractivity contribution in [1.82, 2.24) is 5.32 Å². The molecular formula is C20H24BrF2NOS. The molecule has 1 aromatic heterocycles. The summed E-state index contributed by atoms with van der Waals surface area (Å²) in [5, 5.41) is 16.1. The molecule has 26 heavy (non-hydrogen) atoms. The number of rotatable bonds is 7. The molecule has 1 atom stereocenters. The van der Waals surface area contributed by atoms with E-state index in [1.54, 1.807) is 11.3 Å². The number of hydrogen-bond acceptors (Lipinski definition) is 3. The zero-order valence-electron chi connectivity index (χ0n) is 14.6. The largest absolute Gasteiger partial charge is 0.392 e. The van der Waals surface area contributed by atoms with Crippen molar-refractivity contribution in [3.63, 3.8) is 0 Å². The van der Waals surface area contributed by atoms with Crippen molar-refractivity contribution in [1.29, 1.82) is 0 Å². The monoisotopic (exact) mass is 443 g/mol. The summed E-state index contributed by atoms with van der Waals surface area (Å²) in [5.74, 6) is -1.14. The minimum Gasteiger partial charge on any atom is -0.392 e. The summed E-state index contributed by atoms with van der Waals surface area (Å²) in [6, 6.07) is 5.70. The van der Waals surface area contributed by atoms with Gasteiger partial charge in [-0.2, -0.15) is 0 Å². The number of halogens is 3. The van der Waals surface area contributed by atoms with Crippen LogP contribution in [0.3, 0.4) is 0 Å². The highest BCUT2D eigenvalue weighted by Crippen LogP contribution is 2.41. The zero-order chi connectivity index (χ0) is 18.6. The second-order valence-corrected chi connectivity index (χ2v) is 8.95. The Balaban J connectivity index is 1.58. The molecule has 1 fully saturated rings. The third-order valence-electron chi connectivity index (χ3n) is 5.11. The highest BCUT2D eigenvalue weighted by atomic mass is 79.9. The highest BCUT2D eigenvalue weighted by molar-refractivity contribution is 9.10. The summed E-state index contributed by atoms with van der Waals surface area (Å²) in [5.41, 5.74) is 0.511. The lowest BCUT2D eigenvalue weighted by molar-refractivity contribution is 0.133. The first kappa shape index (κ1) is 19.9. The van der Waals surface area contributed by atoms with E-state index in [1.807, 2.05) is 0 Å². The summed E-state index contributed by atoms with van der Waals surface area (Å²) in [6.07, 6.45) is 6.13. The molecule has 0 amide bonds. The van der Waals surface area contributed by atoms with E-state index in [0.717, 1.165) is 23.4 Å². The minimum absolute atomic E-state index is 0.0686. The standard InChI is InChI=1S/C20H24BrF2NOS/c21-15-10-19(26-13-15)20(6-2-1-3-7-20)24-12-18(25)5-4-14-8-16(22)11-17(23)9-14/h8-11,13,18,24-25H,1-7,12H2/t18-/m0/s1. The Morgan fingerprint density at radius 2 is 1.81 bits per heavy atom. The summed E-state index contributed by atoms with van der Waals surface area (Å²) >= 11 is 5.28. The van der Waals surface area contributed by atoms with Crippen LogP contribution in [0.4, 0.5) is 8.78 Å². The van der Waals surface area contributed by atoms with Gasteiger partial charge in [0.25, 0.3) is 0 Å². The molecule has 2 N–H and O–H groups in total. The van der Waals surface area contributed by atoms with Crippen molar-refractivity contribution in [2.75, 3.05) is 6.54 Å². The van der Waals surface area contributed by atoms with Crippen molar-refractivity contribution in [2.24, 2.45) is 0 Å². The van der Waals surface area contributed by atoms with Crippen molar-refractivity contribution < 1.29 is 13.9 Å². The Morgan fingerprint density at radius 3 is 2.42 bits per heavy atom. The predicted octanol–water partition coefficient (Wildman–Crippen LogP) is 5.53. The molecule has 1 aliphatic rings. The Bertz CT molecular complexity index is 710. The first-order valence-electron chi connectivity index (χ1n) is 9.09. The lowest BCUT2D eigenvalue weighted by Crippen LogP contribution is -2.46. The maximum absolute atomic E-state index is 13.3. The van der Waals surface area contributed by atoms with E-state index in [2.05, 4.69) is 32.7 Å². The fraction of sp³-hybridized carbons (Fsp3) is 0.500. The molecular weight excluding hydrogens is 420 g/mol. The molecule has 0 bridgehead atoms. The fourth-order valence-electron chi connectivity index (χ4n) is 3.73. The molecule has 0 aliphatic heterocycles. The second-order valence-electron chi connectivity index (χ2n) is 7.12. The van der Waals surface area contributed by atoms with Gasteiger partial charge in [0.2, 0.25) is 0 Å². The van der Waals surface area contributed by atoms with Crippen LogP contribution in [0.5, 0.6) is 0 Å². The minimum atomic E-state index is -0.572. The van der Waals surface area contributed by atoms with Crippen LogP contribution >= 0.6 is 27.3 Å². The van der Waals surface area contributed by atoms with Gasteiger partial charge in [0.05, 0.1) is 11.6 Å². The molecule has 6 heteroatoms. The molecule has 1 aliphatic carbocycles. The Morgan fingerprint density at radius 1 is 1.12 bits per heavy atom. The van der Waals surface area contributed by atoms with E-state index in [4.69, 9.17) is 0 Å². The fourth-order valence-corrected chi connectivity index (χ4v) is 5.40. The normalized spacial score (nSPS) is 18.0. The SMILES string of the molecule is O[C@@H](CCc1cc(F)cc(F)c1)CNC1(c2cc(Br)cs2)CCCCC1. The number of nitrogens with one attached hydrogen (secondary N) is 1. The number of aliphatic hydroxyl groups is 1. The molecule has 2 aromatic rings. The van der Waals surface area contributed by atoms with Crippen LogP contribution in [0.1, 0.15) is 49.0 Å². The smallest absolute Gasteiger partial charge is 0.126 e. The van der Waals surface area contributed by atoms with Gasteiger partial charge in [-0.15, -0.1) is 11.3 Å². The first-order chi connectivity index (χ1) is 12.5. The number of hydrogen-bond donors (Lipinski definition) is 2. The Kier molecular flexibility index (Phi) is 6.83. The number of benzene rings is 1. The van der Waals surface area contributed by atoms with Crippen LogP contribution in [0.25, 0.3) is 0 Å². The second kappa shape index (κ2) is 8.91. The van der Waals surface area contributed by atoms with Crippen LogP contribution in [0.2, 0.25) is 0 Å². The van der Waals surface area contributed by atoms with E-state index >= 15 is 0 Å². The molecule has 3 rings (SSSR count). The van der Waals surface area contributed by atoms with Gasteiger partial charge in [0.15, 0.2) is 0 Å². The summed E-state index contributed by atoms with van der Waals surface area (Å²) in [4.78, 5) is 1.31. The summed E-state index contributed by atoms with van der Waals surface area (Å²) < 4.78 is 27.6. The lowest BCUT2D eigenvalue weighted by atomic mass is 9.80. The van der Waals surface area contributed by atoms with Gasteiger partial charge in [-0.3, -0.25) is 0 Å². The lowest BCUT2D eigenvalue weighted by Gasteiger charge is -2.38. The molecule has 0 spiro atoms. The van der Waals surface area contributed by atoms with E-state index in [1.165, 1.54) is 36.3 Å². The van der Waals surface area contributed by atoms with Gasteiger partial charge >= 0.3 is 0 Å². The van der Waals surface area contributed by atoms with Crippen LogP contribution in [-0.2, 0) is 12.0 Å². The molecule has 1 saturated carbocycles. The number of aryl methyl sites for hydroxylation is 1. The zero-order valence-corrected chi connectivity index (χ0v) is 17.0. The molecule has 0 radical (unpaired) electrons. The average Bonchev–Trinajstić information content (AvgIpc) is 3.05. The van der Waals surface area contributed by atoms with E-state index < -0.39 is 17.7 Å². The first-order valence-corrected chi connectivity index (χ1v) is 10.8. The topological polar surface area (TPSA) is 32.3 Å². The van der Waals surface area contributed by atoms with Gasteiger partial charge in [-0.05, 0) is 65.4 Å². The van der Waals surface area contributed by atoms with Crippen LogP contribution in [0.15, 0.2) is 34.1 Å². The van der Waals surface area contributed by atoms with Crippen molar-refractivity contribution in [3.05, 3.63) is 56.2 Å². The van der Waals surface area contributed by atoms with Gasteiger partial charge in [-0.25, -0.2) is 8.78 Å². The quantitative estimate of drug-likeness (QED) is 0.589. The van der Waals surface area contributed by atoms with E-state index in [-0.39, 0.29) is 5.54 Å². The number of thiophene rings is 1. The van der Waals surface area contributed by atoms with Gasteiger partial charge in [-0.1, -0.05) is 19.3 Å². The highest BCUT2D eigenvalue weighted by Gasteiger charge is 2.35. The van der Waals surface area contributed by atoms with Gasteiger partial charge in [0.1, 0.15) is 11.6 Å². The van der Waals surface area contributed by atoms with Gasteiger partial charge < -0.3 is 10.4 Å². The third kappa shape index (κ3) is 5.12. The third-order valence-corrected chi connectivity index (χ3v) is 7.01. The molecule has 1 aromatic carbocycles. The van der Waals surface area contributed by atoms with Crippen molar-refractivity contribution in [3.8, 4) is 0 Å². The van der Waals surface area contributed by atoms with Crippen LogP contribution < -0.4 is 5.32 Å². The van der Waals surface area contributed by atoms with E-state index in [0.29, 0.717) is 24.9 Å². The van der Waals surface area contributed by atoms with Crippen LogP contribution in [-0.4, -0.2) is 17.8 Å². The Hall–Kier alpha value is -0.820. The Labute approximate surface area is 165 Å². The maximum atomic E-state index is 13.3. The molecule has 0 unspecified atom stereocenters.